The Morgan fingerprint density at radius 3 is 2.77 bits per heavy atom. The number of nitrogens with zero attached hydrogens (tertiary/aromatic N) is 1. The molecule has 1 heterocycles. The zero-order valence-corrected chi connectivity index (χ0v) is 13.7. The van der Waals surface area contributed by atoms with E-state index in [4.69, 9.17) is 9.47 Å². The zero-order chi connectivity index (χ0) is 16.3. The third-order valence-electron chi connectivity index (χ3n) is 3.52. The van der Waals surface area contributed by atoms with E-state index in [9.17, 15) is 12.8 Å². The zero-order valence-electron chi connectivity index (χ0n) is 12.9. The van der Waals surface area contributed by atoms with Gasteiger partial charge in [0.2, 0.25) is 10.0 Å². The summed E-state index contributed by atoms with van der Waals surface area (Å²) in [5, 5.41) is 0. The highest BCUT2D eigenvalue weighted by molar-refractivity contribution is 7.89. The number of sulfonamides is 1. The molecule has 1 aliphatic rings. The monoisotopic (exact) mass is 332 g/mol. The van der Waals surface area contributed by atoms with Gasteiger partial charge in [0.25, 0.3) is 0 Å². The average molecular weight is 332 g/mol. The predicted molar refractivity (Wildman–Crippen MR) is 81.1 cm³/mol. The molecule has 1 aliphatic heterocycles. The molecule has 2 rings (SSSR count). The molecule has 0 aliphatic carbocycles. The fourth-order valence-electron chi connectivity index (χ4n) is 2.55. The Kier molecular flexibility index (Phi) is 5.38. The van der Waals surface area contributed by atoms with Crippen molar-refractivity contribution >= 4 is 15.7 Å². The molecule has 1 fully saturated rings. The average Bonchev–Trinajstić information content (AvgIpc) is 2.46. The van der Waals surface area contributed by atoms with Crippen molar-refractivity contribution in [1.29, 1.82) is 0 Å². The lowest BCUT2D eigenvalue weighted by Gasteiger charge is -2.38. The van der Waals surface area contributed by atoms with Crippen LogP contribution in [0.3, 0.4) is 0 Å². The third kappa shape index (κ3) is 3.75. The molecule has 2 unspecified atom stereocenters. The van der Waals surface area contributed by atoms with E-state index in [2.05, 4.69) is 4.72 Å². The quantitative estimate of drug-likeness (QED) is 0.870. The molecule has 8 heteroatoms. The summed E-state index contributed by atoms with van der Waals surface area (Å²) in [6.45, 7) is 3.36. The molecule has 1 N–H and O–H groups in total. The molecule has 22 heavy (non-hydrogen) atoms. The number of methoxy groups -OCH3 is 1. The normalized spacial score (nSPS) is 22.8. The molecule has 2 atom stereocenters. The van der Waals surface area contributed by atoms with Crippen molar-refractivity contribution < 1.29 is 22.3 Å². The molecule has 6 nitrogen and oxygen atoms in total. The molecule has 0 saturated carbocycles. The van der Waals surface area contributed by atoms with Crippen LogP contribution in [-0.4, -0.2) is 54.5 Å². The second-order valence-corrected chi connectivity index (χ2v) is 7.14. The van der Waals surface area contributed by atoms with Crippen LogP contribution in [-0.2, 0) is 19.5 Å². The maximum Gasteiger partial charge on any atom is 0.240 e. The Morgan fingerprint density at radius 1 is 1.45 bits per heavy atom. The van der Waals surface area contributed by atoms with Crippen LogP contribution in [0, 0.1) is 5.82 Å². The van der Waals surface area contributed by atoms with Crippen LogP contribution < -0.4 is 9.62 Å². The van der Waals surface area contributed by atoms with Crippen molar-refractivity contribution in [2.45, 2.75) is 24.0 Å². The summed E-state index contributed by atoms with van der Waals surface area (Å²) in [5.74, 6) is -0.568. The van der Waals surface area contributed by atoms with Crippen LogP contribution >= 0.6 is 0 Å². The van der Waals surface area contributed by atoms with Crippen LogP contribution in [0.1, 0.15) is 6.92 Å². The minimum Gasteiger partial charge on any atom is -0.382 e. The summed E-state index contributed by atoms with van der Waals surface area (Å²) in [5.41, 5.74) is 0.367. The van der Waals surface area contributed by atoms with Crippen LogP contribution in [0.15, 0.2) is 23.1 Å². The number of ether oxygens (including phenoxy) is 2. The predicted octanol–water partition coefficient (Wildman–Crippen LogP) is 0.974. The van der Waals surface area contributed by atoms with E-state index in [0.29, 0.717) is 25.4 Å². The fraction of sp³-hybridized carbons (Fsp3) is 0.571. The molecule has 1 saturated heterocycles. The SMILES string of the molecule is CNS(=O)(=O)c1ccc(N2CC(C)OC(COC)C2)c(F)c1. The van der Waals surface area contributed by atoms with E-state index in [1.807, 2.05) is 11.8 Å². The van der Waals surface area contributed by atoms with Crippen molar-refractivity contribution in [3.05, 3.63) is 24.0 Å². The van der Waals surface area contributed by atoms with Crippen LogP contribution in [0.2, 0.25) is 0 Å². The summed E-state index contributed by atoms with van der Waals surface area (Å²) >= 11 is 0. The maximum atomic E-state index is 14.3. The lowest BCUT2D eigenvalue weighted by Crippen LogP contribution is -2.48. The Morgan fingerprint density at radius 2 is 2.18 bits per heavy atom. The van der Waals surface area contributed by atoms with Crippen LogP contribution in [0.4, 0.5) is 10.1 Å². The van der Waals surface area contributed by atoms with E-state index in [0.717, 1.165) is 6.07 Å². The molecule has 0 spiro atoms. The highest BCUT2D eigenvalue weighted by Gasteiger charge is 2.27. The topological polar surface area (TPSA) is 67.9 Å². The van der Waals surface area contributed by atoms with E-state index in [1.165, 1.54) is 19.2 Å². The highest BCUT2D eigenvalue weighted by atomic mass is 32.2. The number of hydrogen-bond donors (Lipinski definition) is 1. The van der Waals surface area contributed by atoms with Crippen LogP contribution in [0.25, 0.3) is 0 Å². The van der Waals surface area contributed by atoms with Crippen molar-refractivity contribution in [2.75, 3.05) is 38.8 Å². The standard InChI is InChI=1S/C14H21FN2O4S/c1-10-7-17(8-11(21-10)9-20-3)14-5-4-12(6-13(14)15)22(18,19)16-2/h4-6,10-11,16H,7-9H2,1-3H3. The summed E-state index contributed by atoms with van der Waals surface area (Å²) in [7, 11) is -0.771. The van der Waals surface area contributed by atoms with Gasteiger partial charge in [0.05, 0.1) is 29.4 Å². The Bertz CT molecular complexity index is 623. The first-order chi connectivity index (χ1) is 10.4. The van der Waals surface area contributed by atoms with Gasteiger partial charge in [-0.05, 0) is 32.2 Å². The van der Waals surface area contributed by atoms with Crippen molar-refractivity contribution in [2.24, 2.45) is 0 Å². The number of hydrogen-bond acceptors (Lipinski definition) is 5. The summed E-state index contributed by atoms with van der Waals surface area (Å²) in [6, 6.07) is 3.92. The molecule has 1 aromatic carbocycles. The molecule has 0 bridgehead atoms. The smallest absolute Gasteiger partial charge is 0.240 e. The summed E-state index contributed by atoms with van der Waals surface area (Å²) in [6.07, 6.45) is -0.206. The Hall–Kier alpha value is -1.22. The summed E-state index contributed by atoms with van der Waals surface area (Å²) in [4.78, 5) is 1.76. The second-order valence-electron chi connectivity index (χ2n) is 5.25. The third-order valence-corrected chi connectivity index (χ3v) is 4.93. The molecule has 124 valence electrons. The van der Waals surface area contributed by atoms with Gasteiger partial charge in [0, 0.05) is 20.2 Å². The Balaban J connectivity index is 2.25. The Labute approximate surface area is 130 Å². The second kappa shape index (κ2) is 6.91. The minimum absolute atomic E-state index is 0.0611. The molecule has 1 aromatic rings. The number of morpholine rings is 1. The molecule has 0 radical (unpaired) electrons. The van der Waals surface area contributed by atoms with Gasteiger partial charge in [-0.3, -0.25) is 0 Å². The van der Waals surface area contributed by atoms with Crippen LogP contribution in [0.5, 0.6) is 0 Å². The first kappa shape index (κ1) is 17.1. The van der Waals surface area contributed by atoms with Gasteiger partial charge < -0.3 is 14.4 Å². The van der Waals surface area contributed by atoms with E-state index >= 15 is 0 Å². The lowest BCUT2D eigenvalue weighted by atomic mass is 10.2. The number of rotatable bonds is 5. The minimum atomic E-state index is -3.65. The fourth-order valence-corrected chi connectivity index (χ4v) is 3.29. The number of nitrogens with one attached hydrogen (secondary N) is 1. The molecule has 0 aromatic heterocycles. The van der Waals surface area contributed by atoms with Crippen molar-refractivity contribution in [1.82, 2.24) is 4.72 Å². The van der Waals surface area contributed by atoms with Gasteiger partial charge >= 0.3 is 0 Å². The highest BCUT2D eigenvalue weighted by Crippen LogP contribution is 2.26. The van der Waals surface area contributed by atoms with E-state index in [-0.39, 0.29) is 17.1 Å². The van der Waals surface area contributed by atoms with Gasteiger partial charge in [0.15, 0.2) is 0 Å². The van der Waals surface area contributed by atoms with Gasteiger partial charge in [-0.2, -0.15) is 0 Å². The maximum absolute atomic E-state index is 14.3. The molecule has 0 amide bonds. The lowest BCUT2D eigenvalue weighted by molar-refractivity contribution is -0.0512. The largest absolute Gasteiger partial charge is 0.382 e. The molecular formula is C14H21FN2O4S. The number of benzene rings is 1. The van der Waals surface area contributed by atoms with Gasteiger partial charge in [0.1, 0.15) is 5.82 Å². The van der Waals surface area contributed by atoms with Gasteiger partial charge in [-0.15, -0.1) is 0 Å². The first-order valence-corrected chi connectivity index (χ1v) is 8.48. The van der Waals surface area contributed by atoms with Gasteiger partial charge in [-0.25, -0.2) is 17.5 Å². The number of anilines is 1. The van der Waals surface area contributed by atoms with Gasteiger partial charge in [-0.1, -0.05) is 0 Å². The molecular weight excluding hydrogens is 311 g/mol. The first-order valence-electron chi connectivity index (χ1n) is 7.00. The van der Waals surface area contributed by atoms with Crippen molar-refractivity contribution in [3.8, 4) is 0 Å². The number of halogens is 1. The van der Waals surface area contributed by atoms with E-state index < -0.39 is 15.8 Å². The van der Waals surface area contributed by atoms with Crippen molar-refractivity contribution in [3.63, 3.8) is 0 Å². The summed E-state index contributed by atoms with van der Waals surface area (Å²) < 4.78 is 50.7. The van der Waals surface area contributed by atoms with E-state index in [1.54, 1.807) is 7.11 Å².